The van der Waals surface area contributed by atoms with E-state index in [1.807, 2.05) is 0 Å². The van der Waals surface area contributed by atoms with Gasteiger partial charge in [-0.15, -0.1) is 0 Å². The van der Waals surface area contributed by atoms with Crippen LogP contribution in [0, 0.1) is 0 Å². The van der Waals surface area contributed by atoms with Crippen molar-refractivity contribution in [2.24, 2.45) is 0 Å². The average molecular weight is 531 g/mol. The molecule has 0 saturated carbocycles. The molecule has 0 fully saturated rings. The zero-order valence-electron chi connectivity index (χ0n) is 26.8. The zero-order chi connectivity index (χ0) is 27.5. The van der Waals surface area contributed by atoms with Crippen molar-refractivity contribution in [1.29, 1.82) is 0 Å². The first-order chi connectivity index (χ1) is 18.7. The number of aromatic nitrogens is 2. The normalized spacial score (nSPS) is 13.3. The Morgan fingerprint density at radius 3 is 1.24 bits per heavy atom. The van der Waals surface area contributed by atoms with Gasteiger partial charge in [0.15, 0.2) is 0 Å². The van der Waals surface area contributed by atoms with Gasteiger partial charge in [-0.1, -0.05) is 175 Å². The second-order valence-corrected chi connectivity index (χ2v) is 12.5. The maximum atomic E-state index is 4.93. The first kappa shape index (κ1) is 35.2. The Kier molecular flexibility index (Phi) is 24.5. The van der Waals surface area contributed by atoms with Gasteiger partial charge in [0.25, 0.3) is 0 Å². The molecule has 1 heterocycles. The number of imidazole rings is 1. The second kappa shape index (κ2) is 26.4. The predicted molar refractivity (Wildman–Crippen MR) is 171 cm³/mol. The Hall–Kier alpha value is -0.790. The van der Waals surface area contributed by atoms with Gasteiger partial charge in [-0.25, -0.2) is 4.98 Å². The molecule has 2 heteroatoms. The molecule has 0 bridgehead atoms. The van der Waals surface area contributed by atoms with E-state index in [1.165, 1.54) is 179 Å². The summed E-state index contributed by atoms with van der Waals surface area (Å²) in [5.74, 6) is 2.05. The van der Waals surface area contributed by atoms with Gasteiger partial charge in [0.2, 0.25) is 0 Å². The van der Waals surface area contributed by atoms with Gasteiger partial charge in [-0.2, -0.15) is 0 Å². The third-order valence-electron chi connectivity index (χ3n) is 8.81. The predicted octanol–water partition coefficient (Wildman–Crippen LogP) is 13.1. The van der Waals surface area contributed by atoms with E-state index in [4.69, 9.17) is 4.98 Å². The average Bonchev–Trinajstić information content (AvgIpc) is 3.41. The lowest BCUT2D eigenvalue weighted by Gasteiger charge is -2.22. The first-order valence-electron chi connectivity index (χ1n) is 17.8. The molecule has 0 N–H and O–H groups in total. The van der Waals surface area contributed by atoms with Crippen LogP contribution in [-0.2, 0) is 0 Å². The van der Waals surface area contributed by atoms with Gasteiger partial charge >= 0.3 is 0 Å². The molecular weight excluding hydrogens is 460 g/mol. The molecule has 1 aromatic heterocycles. The first-order valence-corrected chi connectivity index (χ1v) is 17.8. The van der Waals surface area contributed by atoms with Crippen molar-refractivity contribution in [1.82, 2.24) is 9.55 Å². The highest BCUT2D eigenvalue weighted by molar-refractivity contribution is 5.02. The molecular formula is C36H70N2. The topological polar surface area (TPSA) is 17.8 Å². The van der Waals surface area contributed by atoms with Crippen molar-refractivity contribution in [3.05, 3.63) is 18.2 Å². The van der Waals surface area contributed by atoms with Crippen LogP contribution in [0.25, 0.3) is 0 Å². The maximum Gasteiger partial charge on any atom is 0.111 e. The summed E-state index contributed by atoms with van der Waals surface area (Å²) in [6.45, 7) is 9.31. The highest BCUT2D eigenvalue weighted by Crippen LogP contribution is 2.30. The number of hydrogen-bond donors (Lipinski definition) is 0. The van der Waals surface area contributed by atoms with E-state index < -0.39 is 0 Å². The molecule has 1 rings (SSSR count). The molecule has 2 atom stereocenters. The number of unbranched alkanes of at least 4 members (excludes halogenated alkanes) is 21. The van der Waals surface area contributed by atoms with Crippen molar-refractivity contribution in [3.63, 3.8) is 0 Å². The summed E-state index contributed by atoms with van der Waals surface area (Å²) >= 11 is 0. The minimum absolute atomic E-state index is 0.583. The van der Waals surface area contributed by atoms with Gasteiger partial charge in [0.05, 0.1) is 0 Å². The maximum absolute atomic E-state index is 4.93. The van der Waals surface area contributed by atoms with Crippen LogP contribution >= 0.6 is 0 Å². The summed E-state index contributed by atoms with van der Waals surface area (Å²) in [5, 5.41) is 0. The van der Waals surface area contributed by atoms with Gasteiger partial charge < -0.3 is 4.57 Å². The fourth-order valence-electron chi connectivity index (χ4n) is 6.26. The summed E-state index contributed by atoms with van der Waals surface area (Å²) in [7, 11) is 0. The van der Waals surface area contributed by atoms with Crippen LogP contribution < -0.4 is 0 Å². The lowest BCUT2D eigenvalue weighted by atomic mass is 9.92. The van der Waals surface area contributed by atoms with Crippen LogP contribution in [0.3, 0.4) is 0 Å². The summed E-state index contributed by atoms with van der Waals surface area (Å²) < 4.78 is 2.52. The molecule has 0 spiro atoms. The quantitative estimate of drug-likeness (QED) is 0.0941. The smallest absolute Gasteiger partial charge is 0.111 e. The Labute approximate surface area is 240 Å². The molecule has 2 unspecified atom stereocenters. The molecule has 0 radical (unpaired) electrons. The van der Waals surface area contributed by atoms with Gasteiger partial charge in [0, 0.05) is 24.4 Å². The molecule has 0 aromatic carbocycles. The molecule has 0 aliphatic heterocycles. The summed E-state index contributed by atoms with van der Waals surface area (Å²) in [5.41, 5.74) is 0. The number of nitrogens with zero attached hydrogens (tertiary/aromatic N) is 2. The molecule has 0 aliphatic carbocycles. The summed E-state index contributed by atoms with van der Waals surface area (Å²) in [6.07, 6.45) is 42.4. The van der Waals surface area contributed by atoms with E-state index in [0.29, 0.717) is 12.0 Å². The van der Waals surface area contributed by atoms with Crippen molar-refractivity contribution in [2.45, 2.75) is 213 Å². The van der Waals surface area contributed by atoms with Crippen molar-refractivity contribution < 1.29 is 0 Å². The standard InChI is InChI=1S/C36H70N2/c1-5-8-10-12-14-16-18-19-20-22-24-26-28-31-35(36-37-32-33-38(36)34(4)29-7-3)30-27-25-23-21-17-15-13-11-9-6-2/h32-35H,5-31H2,1-4H3. The zero-order valence-corrected chi connectivity index (χ0v) is 26.8. The van der Waals surface area contributed by atoms with Crippen molar-refractivity contribution in [2.75, 3.05) is 0 Å². The summed E-state index contributed by atoms with van der Waals surface area (Å²) in [6, 6.07) is 0.583. The fraction of sp³-hybridized carbons (Fsp3) is 0.917. The largest absolute Gasteiger partial charge is 0.332 e. The Bertz CT molecular complexity index is 592. The van der Waals surface area contributed by atoms with Crippen LogP contribution in [0.15, 0.2) is 12.4 Å². The van der Waals surface area contributed by atoms with E-state index in [9.17, 15) is 0 Å². The monoisotopic (exact) mass is 531 g/mol. The second-order valence-electron chi connectivity index (χ2n) is 12.5. The molecule has 1 aromatic rings. The van der Waals surface area contributed by atoms with Crippen LogP contribution in [0.1, 0.15) is 219 Å². The van der Waals surface area contributed by atoms with Crippen LogP contribution in [0.2, 0.25) is 0 Å². The minimum atomic E-state index is 0.583. The van der Waals surface area contributed by atoms with E-state index in [1.54, 1.807) is 0 Å². The highest BCUT2D eigenvalue weighted by atomic mass is 15.1. The minimum Gasteiger partial charge on any atom is -0.332 e. The van der Waals surface area contributed by atoms with E-state index in [2.05, 4.69) is 44.7 Å². The van der Waals surface area contributed by atoms with Crippen molar-refractivity contribution in [3.8, 4) is 0 Å². The van der Waals surface area contributed by atoms with Gasteiger partial charge in [-0.3, -0.25) is 0 Å². The summed E-state index contributed by atoms with van der Waals surface area (Å²) in [4.78, 5) is 4.93. The van der Waals surface area contributed by atoms with E-state index in [-0.39, 0.29) is 0 Å². The fourth-order valence-corrected chi connectivity index (χ4v) is 6.26. The van der Waals surface area contributed by atoms with Crippen LogP contribution in [0.5, 0.6) is 0 Å². The molecule has 2 nitrogen and oxygen atoms in total. The molecule has 0 amide bonds. The van der Waals surface area contributed by atoms with E-state index in [0.717, 1.165) is 0 Å². The lowest BCUT2D eigenvalue weighted by molar-refractivity contribution is 0.421. The molecule has 0 aliphatic rings. The third-order valence-corrected chi connectivity index (χ3v) is 8.81. The van der Waals surface area contributed by atoms with Gasteiger partial charge in [0.1, 0.15) is 5.82 Å². The molecule has 0 saturated heterocycles. The Morgan fingerprint density at radius 1 is 0.500 bits per heavy atom. The van der Waals surface area contributed by atoms with Crippen LogP contribution in [0.4, 0.5) is 0 Å². The van der Waals surface area contributed by atoms with E-state index >= 15 is 0 Å². The van der Waals surface area contributed by atoms with Crippen LogP contribution in [-0.4, -0.2) is 9.55 Å². The molecule has 38 heavy (non-hydrogen) atoms. The Morgan fingerprint density at radius 2 is 0.868 bits per heavy atom. The Balaban J connectivity index is 2.28. The third kappa shape index (κ3) is 18.5. The SMILES string of the molecule is CCCCCCCCCCCCCCCC(CCCCCCCCCCCC)c1nccn1C(C)CCC. The van der Waals surface area contributed by atoms with Gasteiger partial charge in [-0.05, 0) is 26.2 Å². The highest BCUT2D eigenvalue weighted by Gasteiger charge is 2.19. The number of rotatable bonds is 29. The lowest BCUT2D eigenvalue weighted by Crippen LogP contribution is -2.13. The number of hydrogen-bond acceptors (Lipinski definition) is 1. The molecule has 224 valence electrons. The van der Waals surface area contributed by atoms with Crippen molar-refractivity contribution >= 4 is 0 Å².